The highest BCUT2D eigenvalue weighted by molar-refractivity contribution is 7.14. The second kappa shape index (κ2) is 4.42. The first kappa shape index (κ1) is 11.2. The molecule has 4 nitrogen and oxygen atoms in total. The van der Waals surface area contributed by atoms with Gasteiger partial charge >= 0.3 is 0 Å². The average Bonchev–Trinajstić information content (AvgIpc) is 2.93. The van der Waals surface area contributed by atoms with Crippen LogP contribution in [0, 0.1) is 0 Å². The van der Waals surface area contributed by atoms with Gasteiger partial charge in [-0.05, 0) is 24.6 Å². The molecule has 0 aliphatic carbocycles. The standard InChI is InChI=1S/C13H13N3OS/c1-2-14-13-16-11(7-18-13)8-3-4-10-9(5-8)6-12(17)15-10/h3-5,7H,2,6H2,1H3,(H,14,16)(H,15,17). The van der Waals surface area contributed by atoms with Crippen molar-refractivity contribution in [1.82, 2.24) is 4.98 Å². The third kappa shape index (κ3) is 1.97. The fourth-order valence-electron chi connectivity index (χ4n) is 2.03. The molecule has 18 heavy (non-hydrogen) atoms. The molecule has 1 aliphatic heterocycles. The fraction of sp³-hybridized carbons (Fsp3) is 0.231. The molecule has 2 heterocycles. The molecule has 1 amide bonds. The molecule has 0 saturated heterocycles. The van der Waals surface area contributed by atoms with E-state index in [1.807, 2.05) is 30.5 Å². The third-order valence-corrected chi connectivity index (χ3v) is 3.66. The van der Waals surface area contributed by atoms with Crippen LogP contribution in [0.25, 0.3) is 11.3 Å². The SMILES string of the molecule is CCNc1nc(-c2ccc3c(c2)CC(=O)N3)cs1. The van der Waals surface area contributed by atoms with Crippen molar-refractivity contribution < 1.29 is 4.79 Å². The third-order valence-electron chi connectivity index (χ3n) is 2.86. The maximum atomic E-state index is 11.3. The number of thiazole rings is 1. The number of hydrogen-bond acceptors (Lipinski definition) is 4. The topological polar surface area (TPSA) is 54.0 Å². The van der Waals surface area contributed by atoms with Gasteiger partial charge in [-0.2, -0.15) is 0 Å². The number of fused-ring (bicyclic) bond motifs is 1. The van der Waals surface area contributed by atoms with Crippen molar-refractivity contribution in [2.45, 2.75) is 13.3 Å². The van der Waals surface area contributed by atoms with Gasteiger partial charge in [0.05, 0.1) is 12.1 Å². The molecule has 0 radical (unpaired) electrons. The van der Waals surface area contributed by atoms with Crippen LogP contribution in [0.1, 0.15) is 12.5 Å². The molecule has 1 aliphatic rings. The maximum absolute atomic E-state index is 11.3. The molecule has 0 atom stereocenters. The quantitative estimate of drug-likeness (QED) is 0.891. The number of nitrogens with one attached hydrogen (secondary N) is 2. The number of benzene rings is 1. The molecule has 0 unspecified atom stereocenters. The van der Waals surface area contributed by atoms with Crippen LogP contribution in [0.4, 0.5) is 10.8 Å². The summed E-state index contributed by atoms with van der Waals surface area (Å²) >= 11 is 1.60. The Kier molecular flexibility index (Phi) is 2.76. The molecule has 5 heteroatoms. The highest BCUT2D eigenvalue weighted by atomic mass is 32.1. The summed E-state index contributed by atoms with van der Waals surface area (Å²) in [7, 11) is 0. The Morgan fingerprint density at radius 1 is 1.50 bits per heavy atom. The molecule has 3 rings (SSSR count). The number of hydrogen-bond donors (Lipinski definition) is 2. The predicted molar refractivity (Wildman–Crippen MR) is 74.0 cm³/mol. The van der Waals surface area contributed by atoms with Crippen LogP contribution in [0.15, 0.2) is 23.6 Å². The summed E-state index contributed by atoms with van der Waals surface area (Å²) in [5.41, 5.74) is 3.99. The Morgan fingerprint density at radius 2 is 2.39 bits per heavy atom. The van der Waals surface area contributed by atoms with Gasteiger partial charge in [-0.1, -0.05) is 6.07 Å². The molecular weight excluding hydrogens is 246 g/mol. The van der Waals surface area contributed by atoms with Crippen LogP contribution in [-0.2, 0) is 11.2 Å². The van der Waals surface area contributed by atoms with Crippen LogP contribution in [-0.4, -0.2) is 17.4 Å². The van der Waals surface area contributed by atoms with Gasteiger partial charge in [-0.25, -0.2) is 4.98 Å². The van der Waals surface area contributed by atoms with E-state index < -0.39 is 0 Å². The Labute approximate surface area is 109 Å². The van der Waals surface area contributed by atoms with E-state index in [1.54, 1.807) is 11.3 Å². The number of carbonyl (C=O) groups is 1. The van der Waals surface area contributed by atoms with Crippen molar-refractivity contribution >= 4 is 28.1 Å². The van der Waals surface area contributed by atoms with Gasteiger partial charge in [0.15, 0.2) is 5.13 Å². The number of carbonyl (C=O) groups excluding carboxylic acids is 1. The van der Waals surface area contributed by atoms with Crippen LogP contribution in [0.3, 0.4) is 0 Å². The molecular formula is C13H13N3OS. The summed E-state index contributed by atoms with van der Waals surface area (Å²) in [6.07, 6.45) is 0.466. The Balaban J connectivity index is 1.92. The highest BCUT2D eigenvalue weighted by Crippen LogP contribution is 2.30. The molecule has 92 valence electrons. The first-order chi connectivity index (χ1) is 8.76. The Bertz CT molecular complexity index is 606. The van der Waals surface area contributed by atoms with Gasteiger partial charge in [0.2, 0.25) is 5.91 Å². The van der Waals surface area contributed by atoms with E-state index in [2.05, 4.69) is 15.6 Å². The largest absolute Gasteiger partial charge is 0.362 e. The second-order valence-corrected chi connectivity index (χ2v) is 5.02. The van der Waals surface area contributed by atoms with Crippen LogP contribution < -0.4 is 10.6 Å². The van der Waals surface area contributed by atoms with Gasteiger partial charge in [0, 0.05) is 23.2 Å². The summed E-state index contributed by atoms with van der Waals surface area (Å²) in [5, 5.41) is 8.99. The molecule has 0 saturated carbocycles. The Morgan fingerprint density at radius 3 is 3.22 bits per heavy atom. The Hall–Kier alpha value is -1.88. The zero-order valence-electron chi connectivity index (χ0n) is 9.99. The van der Waals surface area contributed by atoms with Gasteiger partial charge in [0.1, 0.15) is 0 Å². The normalized spacial score (nSPS) is 13.3. The summed E-state index contributed by atoms with van der Waals surface area (Å²) in [4.78, 5) is 15.8. The molecule has 2 aromatic rings. The molecule has 0 bridgehead atoms. The highest BCUT2D eigenvalue weighted by Gasteiger charge is 2.18. The van der Waals surface area contributed by atoms with E-state index >= 15 is 0 Å². The zero-order chi connectivity index (χ0) is 12.5. The minimum atomic E-state index is 0.0637. The van der Waals surface area contributed by atoms with Crippen molar-refractivity contribution in [2.75, 3.05) is 17.2 Å². The van der Waals surface area contributed by atoms with Crippen LogP contribution in [0.5, 0.6) is 0 Å². The van der Waals surface area contributed by atoms with Crippen molar-refractivity contribution in [3.8, 4) is 11.3 Å². The number of amides is 1. The van der Waals surface area contributed by atoms with Crippen molar-refractivity contribution in [2.24, 2.45) is 0 Å². The van der Waals surface area contributed by atoms with Gasteiger partial charge in [-0.3, -0.25) is 4.79 Å². The lowest BCUT2D eigenvalue weighted by Gasteiger charge is -2.01. The monoisotopic (exact) mass is 259 g/mol. The second-order valence-electron chi connectivity index (χ2n) is 4.17. The maximum Gasteiger partial charge on any atom is 0.228 e. The lowest BCUT2D eigenvalue weighted by molar-refractivity contribution is -0.115. The first-order valence-electron chi connectivity index (χ1n) is 5.89. The fourth-order valence-corrected chi connectivity index (χ4v) is 2.82. The molecule has 1 aromatic heterocycles. The van der Waals surface area contributed by atoms with E-state index in [0.29, 0.717) is 6.42 Å². The lowest BCUT2D eigenvalue weighted by Crippen LogP contribution is -2.03. The first-order valence-corrected chi connectivity index (χ1v) is 6.77. The van der Waals surface area contributed by atoms with Crippen molar-refractivity contribution in [3.63, 3.8) is 0 Å². The smallest absolute Gasteiger partial charge is 0.228 e. The number of nitrogens with zero attached hydrogens (tertiary/aromatic N) is 1. The van der Waals surface area contributed by atoms with E-state index in [0.717, 1.165) is 34.2 Å². The van der Waals surface area contributed by atoms with E-state index in [4.69, 9.17) is 0 Å². The average molecular weight is 259 g/mol. The lowest BCUT2D eigenvalue weighted by atomic mass is 10.1. The van der Waals surface area contributed by atoms with E-state index in [9.17, 15) is 4.79 Å². The number of aromatic nitrogens is 1. The number of anilines is 2. The molecule has 0 spiro atoms. The summed E-state index contributed by atoms with van der Waals surface area (Å²) in [6.45, 7) is 2.92. The van der Waals surface area contributed by atoms with E-state index in [-0.39, 0.29) is 5.91 Å². The molecule has 2 N–H and O–H groups in total. The number of rotatable bonds is 3. The predicted octanol–water partition coefficient (Wildman–Crippen LogP) is 2.74. The summed E-state index contributed by atoms with van der Waals surface area (Å²) in [6, 6.07) is 5.98. The van der Waals surface area contributed by atoms with Gasteiger partial charge < -0.3 is 10.6 Å². The minimum Gasteiger partial charge on any atom is -0.362 e. The van der Waals surface area contributed by atoms with Gasteiger partial charge in [-0.15, -0.1) is 11.3 Å². The summed E-state index contributed by atoms with van der Waals surface area (Å²) < 4.78 is 0. The van der Waals surface area contributed by atoms with Gasteiger partial charge in [0.25, 0.3) is 0 Å². The zero-order valence-corrected chi connectivity index (χ0v) is 10.8. The summed E-state index contributed by atoms with van der Waals surface area (Å²) in [5.74, 6) is 0.0637. The van der Waals surface area contributed by atoms with E-state index in [1.165, 1.54) is 0 Å². The van der Waals surface area contributed by atoms with Crippen molar-refractivity contribution in [3.05, 3.63) is 29.1 Å². The van der Waals surface area contributed by atoms with Crippen LogP contribution in [0.2, 0.25) is 0 Å². The molecule has 0 fully saturated rings. The van der Waals surface area contributed by atoms with Crippen molar-refractivity contribution in [1.29, 1.82) is 0 Å². The van der Waals surface area contributed by atoms with Crippen LogP contribution >= 0.6 is 11.3 Å². The molecule has 1 aromatic carbocycles. The minimum absolute atomic E-state index is 0.0637.